The maximum atomic E-state index is 12.7. The van der Waals surface area contributed by atoms with Gasteiger partial charge in [-0.1, -0.05) is 13.2 Å². The summed E-state index contributed by atoms with van der Waals surface area (Å²) >= 11 is 0. The number of esters is 3. The molecule has 14 heteroatoms. The molecule has 270 valence electrons. The lowest BCUT2D eigenvalue weighted by Gasteiger charge is -2.11. The highest BCUT2D eigenvalue weighted by atomic mass is 16.7. The number of aliphatic hydroxyl groups excluding tert-OH is 1. The fourth-order valence-electron chi connectivity index (χ4n) is 3.92. The number of hydrogen-bond acceptors (Lipinski definition) is 14. The molecule has 1 unspecified atom stereocenters. The highest BCUT2D eigenvalue weighted by molar-refractivity contribution is 5.92. The average molecular weight is 707 g/mol. The van der Waals surface area contributed by atoms with Gasteiger partial charge in [-0.3, -0.25) is 0 Å². The summed E-state index contributed by atoms with van der Waals surface area (Å²) in [4.78, 5) is 60.2. The van der Waals surface area contributed by atoms with Crippen LogP contribution in [0.25, 0.3) is 0 Å². The predicted molar refractivity (Wildman–Crippen MR) is 180 cm³/mol. The molecule has 3 rings (SSSR count). The predicted octanol–water partition coefficient (Wildman–Crippen LogP) is 6.27. The Labute approximate surface area is 294 Å². The molecule has 0 radical (unpaired) electrons. The van der Waals surface area contributed by atoms with E-state index in [1.54, 1.807) is 6.92 Å². The number of carbonyl (C=O) groups excluding carboxylic acids is 5. The zero-order valence-corrected chi connectivity index (χ0v) is 27.9. The van der Waals surface area contributed by atoms with Crippen molar-refractivity contribution in [1.82, 2.24) is 0 Å². The Morgan fingerprint density at radius 2 is 1.10 bits per heavy atom. The first-order valence-corrected chi connectivity index (χ1v) is 15.7. The molecule has 0 spiro atoms. The maximum Gasteiger partial charge on any atom is 0.513 e. The zero-order valence-electron chi connectivity index (χ0n) is 27.9. The molecule has 0 aliphatic carbocycles. The maximum absolute atomic E-state index is 12.7. The van der Waals surface area contributed by atoms with E-state index in [-0.39, 0.29) is 60.6 Å². The molecule has 0 bridgehead atoms. The third kappa shape index (κ3) is 14.6. The smallest absolute Gasteiger partial charge is 0.463 e. The van der Waals surface area contributed by atoms with Gasteiger partial charge >= 0.3 is 30.2 Å². The number of aliphatic hydroxyl groups is 1. The minimum Gasteiger partial charge on any atom is -0.463 e. The Bertz CT molecular complexity index is 1650. The third-order valence-electron chi connectivity index (χ3n) is 6.56. The van der Waals surface area contributed by atoms with Crippen LogP contribution in [0.15, 0.2) is 92.0 Å². The summed E-state index contributed by atoms with van der Waals surface area (Å²) in [7, 11) is 0. The molecular weight excluding hydrogens is 668 g/mol. The van der Waals surface area contributed by atoms with Gasteiger partial charge in [-0.15, -0.1) is 0 Å². The Balaban J connectivity index is 1.40. The molecule has 0 aliphatic rings. The molecule has 1 N–H and O–H groups in total. The molecule has 0 amide bonds. The fraction of sp³-hybridized carbons (Fsp3) is 0.270. The molecule has 3 aromatic carbocycles. The van der Waals surface area contributed by atoms with Crippen LogP contribution in [0.3, 0.4) is 0 Å². The third-order valence-corrected chi connectivity index (χ3v) is 6.56. The van der Waals surface area contributed by atoms with E-state index in [0.717, 1.165) is 6.08 Å². The topological polar surface area (TPSA) is 179 Å². The molecule has 14 nitrogen and oxygen atoms in total. The lowest BCUT2D eigenvalue weighted by atomic mass is 10.2. The van der Waals surface area contributed by atoms with Crippen LogP contribution in [0.1, 0.15) is 52.0 Å². The second-order valence-electron chi connectivity index (χ2n) is 10.4. The Morgan fingerprint density at radius 3 is 1.59 bits per heavy atom. The van der Waals surface area contributed by atoms with Crippen molar-refractivity contribution in [2.45, 2.75) is 38.9 Å². The van der Waals surface area contributed by atoms with Crippen LogP contribution in [0.2, 0.25) is 0 Å². The first kappa shape index (κ1) is 39.4. The number of ether oxygens (including phenoxy) is 8. The van der Waals surface area contributed by atoms with Gasteiger partial charge in [0.2, 0.25) is 0 Å². The van der Waals surface area contributed by atoms with E-state index in [0.29, 0.717) is 31.2 Å². The number of aryl methyl sites for hydroxylation is 1. The second kappa shape index (κ2) is 21.2. The van der Waals surface area contributed by atoms with Gasteiger partial charge < -0.3 is 43.0 Å². The molecule has 51 heavy (non-hydrogen) atoms. The molecule has 0 saturated heterocycles. The summed E-state index contributed by atoms with van der Waals surface area (Å²) in [6.07, 6.45) is 1.46. The summed E-state index contributed by atoms with van der Waals surface area (Å²) in [6, 6.07) is 15.8. The first-order valence-electron chi connectivity index (χ1n) is 15.7. The van der Waals surface area contributed by atoms with E-state index in [2.05, 4.69) is 13.2 Å². The highest BCUT2D eigenvalue weighted by Gasteiger charge is 2.15. The molecule has 0 aliphatic heterocycles. The summed E-state index contributed by atoms with van der Waals surface area (Å²) < 4.78 is 40.9. The van der Waals surface area contributed by atoms with Gasteiger partial charge in [-0.2, -0.15) is 0 Å². The number of benzene rings is 3. The van der Waals surface area contributed by atoms with Crippen molar-refractivity contribution < 1.29 is 67.0 Å². The summed E-state index contributed by atoms with van der Waals surface area (Å²) in [5.74, 6) is -1.12. The number of unbranched alkanes of at least 4 members (excludes halogenated alkanes) is 2. The van der Waals surface area contributed by atoms with Gasteiger partial charge in [0.25, 0.3) is 0 Å². The van der Waals surface area contributed by atoms with Crippen molar-refractivity contribution in [3.05, 3.63) is 109 Å². The molecule has 1 atom stereocenters. The van der Waals surface area contributed by atoms with Gasteiger partial charge in [0.05, 0.1) is 37.6 Å². The molecular formula is C37H38O14. The standard InChI is InChI=1S/C37H38O14/c1-4-32(38)44-20-6-8-22-46-36(42)49-28-14-10-26(11-15-28)34(40)48-30-18-19-31(25(3)24-30)51-35(41)27-12-16-29(17-13-27)50-37(43)47-23-9-7-21-45-33(39)5-2/h4-5,10-19,24,33,39H,1-2,6-9,20-23H2,3H3. The van der Waals surface area contributed by atoms with Crippen molar-refractivity contribution >= 4 is 30.2 Å². The van der Waals surface area contributed by atoms with Crippen LogP contribution in [-0.2, 0) is 23.7 Å². The molecule has 0 heterocycles. The molecule has 0 fully saturated rings. The van der Waals surface area contributed by atoms with E-state index >= 15 is 0 Å². The van der Waals surface area contributed by atoms with E-state index in [9.17, 15) is 29.1 Å². The van der Waals surface area contributed by atoms with E-state index in [4.69, 9.17) is 37.9 Å². The van der Waals surface area contributed by atoms with Gasteiger partial charge in [0.15, 0.2) is 6.29 Å². The normalized spacial score (nSPS) is 10.9. The average Bonchev–Trinajstić information content (AvgIpc) is 3.12. The van der Waals surface area contributed by atoms with Crippen molar-refractivity contribution in [2.24, 2.45) is 0 Å². The van der Waals surface area contributed by atoms with Crippen molar-refractivity contribution in [2.75, 3.05) is 26.4 Å². The van der Waals surface area contributed by atoms with Crippen LogP contribution >= 0.6 is 0 Å². The van der Waals surface area contributed by atoms with Gasteiger partial charge in [-0.25, -0.2) is 24.0 Å². The van der Waals surface area contributed by atoms with Crippen molar-refractivity contribution in [1.29, 1.82) is 0 Å². The zero-order chi connectivity index (χ0) is 37.0. The summed E-state index contributed by atoms with van der Waals surface area (Å²) in [6.45, 7) is 8.98. The van der Waals surface area contributed by atoms with Crippen molar-refractivity contribution in [3.63, 3.8) is 0 Å². The minimum atomic E-state index is -1.03. The van der Waals surface area contributed by atoms with Crippen LogP contribution in [0.4, 0.5) is 9.59 Å². The Hall–Kier alpha value is -5.99. The first-order chi connectivity index (χ1) is 24.6. The van der Waals surface area contributed by atoms with E-state index < -0.39 is 36.5 Å². The second-order valence-corrected chi connectivity index (χ2v) is 10.4. The number of rotatable bonds is 19. The van der Waals surface area contributed by atoms with Crippen molar-refractivity contribution in [3.8, 4) is 23.0 Å². The Morgan fingerprint density at radius 1 is 0.627 bits per heavy atom. The largest absolute Gasteiger partial charge is 0.513 e. The SMILES string of the molecule is C=CC(=O)OCCCCOC(=O)Oc1ccc(C(=O)Oc2ccc(OC(=O)c3ccc(OC(=O)OCCCCOC(O)C=C)cc3)c(C)c2)cc1. The summed E-state index contributed by atoms with van der Waals surface area (Å²) in [5.41, 5.74) is 0.891. The number of hydrogen-bond donors (Lipinski definition) is 1. The lowest BCUT2D eigenvalue weighted by Crippen LogP contribution is -2.13. The lowest BCUT2D eigenvalue weighted by molar-refractivity contribution is -0.137. The minimum absolute atomic E-state index is 0.0681. The van der Waals surface area contributed by atoms with Crippen LogP contribution in [-0.4, -0.2) is 68.0 Å². The molecule has 0 saturated carbocycles. The quantitative estimate of drug-likeness (QED) is 0.0215. The van der Waals surface area contributed by atoms with E-state index in [1.165, 1.54) is 72.8 Å². The van der Waals surface area contributed by atoms with Gasteiger partial charge in [0, 0.05) is 6.08 Å². The van der Waals surface area contributed by atoms with Crippen LogP contribution in [0, 0.1) is 6.92 Å². The summed E-state index contributed by atoms with van der Waals surface area (Å²) in [5, 5.41) is 9.23. The highest BCUT2D eigenvalue weighted by Crippen LogP contribution is 2.26. The van der Waals surface area contributed by atoms with E-state index in [1.807, 2.05) is 0 Å². The Kier molecular flexibility index (Phi) is 16.4. The van der Waals surface area contributed by atoms with Crippen LogP contribution in [0.5, 0.6) is 23.0 Å². The van der Waals surface area contributed by atoms with Gasteiger partial charge in [0.1, 0.15) is 23.0 Å². The van der Waals surface area contributed by atoms with Gasteiger partial charge in [-0.05, 0) is 111 Å². The number of carbonyl (C=O) groups is 5. The molecule has 0 aromatic heterocycles. The monoisotopic (exact) mass is 706 g/mol. The molecule has 3 aromatic rings. The van der Waals surface area contributed by atoms with Crippen LogP contribution < -0.4 is 18.9 Å². The fourth-order valence-corrected chi connectivity index (χ4v) is 3.92.